The number of hydrogen-bond donors (Lipinski definition) is 0. The van der Waals surface area contributed by atoms with Crippen molar-refractivity contribution in [3.05, 3.63) is 0 Å². The Kier molecular flexibility index (Phi) is 8.27. The van der Waals surface area contributed by atoms with Gasteiger partial charge in [-0.3, -0.25) is 0 Å². The van der Waals surface area contributed by atoms with Gasteiger partial charge in [0.1, 0.15) is 0 Å². The predicted octanol–water partition coefficient (Wildman–Crippen LogP) is 2.52. The van der Waals surface area contributed by atoms with Gasteiger partial charge < -0.3 is 4.90 Å². The van der Waals surface area contributed by atoms with Gasteiger partial charge in [0.2, 0.25) is 0 Å². The quantitative estimate of drug-likeness (QED) is 0.569. The van der Waals surface area contributed by atoms with E-state index in [0.29, 0.717) is 0 Å². The minimum absolute atomic E-state index is 0.986. The molecule has 1 nitrogen and oxygen atoms in total. The first kappa shape index (κ1) is 11.5. The smallest absolute Gasteiger partial charge is 0.0217 e. The molecule has 0 aromatic rings. The molecule has 0 atom stereocenters. The second kappa shape index (κ2) is 8.62. The van der Waals surface area contributed by atoms with Gasteiger partial charge in [-0.2, -0.15) is 0 Å². The Morgan fingerprint density at radius 2 is 1.75 bits per heavy atom. The molecule has 0 aliphatic heterocycles. The van der Waals surface area contributed by atoms with Crippen LogP contribution in [-0.2, 0) is 0 Å². The lowest BCUT2D eigenvalue weighted by atomic mass is 10.3. The lowest BCUT2D eigenvalue weighted by Gasteiger charge is -2.17. The maximum Gasteiger partial charge on any atom is 0.0217 e. The van der Waals surface area contributed by atoms with Crippen LogP contribution in [0, 0.1) is 11.8 Å². The molecule has 0 bridgehead atoms. The van der Waals surface area contributed by atoms with Crippen molar-refractivity contribution in [3.63, 3.8) is 0 Å². The van der Waals surface area contributed by atoms with Crippen LogP contribution in [0.5, 0.6) is 0 Å². The molecule has 0 rings (SSSR count). The third-order valence-electron chi connectivity index (χ3n) is 1.84. The van der Waals surface area contributed by atoms with Gasteiger partial charge in [-0.15, -0.1) is 11.8 Å². The van der Waals surface area contributed by atoms with Crippen molar-refractivity contribution in [2.75, 3.05) is 19.6 Å². The van der Waals surface area contributed by atoms with E-state index in [0.717, 1.165) is 25.9 Å². The van der Waals surface area contributed by atoms with Crippen LogP contribution >= 0.6 is 0 Å². The molecule has 0 saturated carbocycles. The Labute approximate surface area is 77.1 Å². The average Bonchev–Trinajstić information content (AvgIpc) is 2.10. The highest BCUT2D eigenvalue weighted by Gasteiger charge is 1.97. The van der Waals surface area contributed by atoms with Gasteiger partial charge in [0, 0.05) is 19.4 Å². The van der Waals surface area contributed by atoms with Gasteiger partial charge in [-0.05, 0) is 19.5 Å². The van der Waals surface area contributed by atoms with Crippen LogP contribution in [0.4, 0.5) is 0 Å². The Morgan fingerprint density at radius 1 is 1.00 bits per heavy atom. The topological polar surface area (TPSA) is 3.24 Å². The SMILES string of the molecule is CCC#CCCN(CC)CCC. The van der Waals surface area contributed by atoms with E-state index in [9.17, 15) is 0 Å². The Morgan fingerprint density at radius 3 is 2.25 bits per heavy atom. The fraction of sp³-hybridized carbons (Fsp3) is 0.818. The average molecular weight is 167 g/mol. The molecule has 0 spiro atoms. The molecular weight excluding hydrogens is 146 g/mol. The largest absolute Gasteiger partial charge is 0.303 e. The zero-order valence-electron chi connectivity index (χ0n) is 8.69. The van der Waals surface area contributed by atoms with Crippen LogP contribution in [0.25, 0.3) is 0 Å². The molecule has 1 heteroatoms. The van der Waals surface area contributed by atoms with Gasteiger partial charge in [-0.1, -0.05) is 20.8 Å². The summed E-state index contributed by atoms with van der Waals surface area (Å²) in [6.45, 7) is 10.0. The highest BCUT2D eigenvalue weighted by atomic mass is 15.1. The van der Waals surface area contributed by atoms with Crippen molar-refractivity contribution in [1.29, 1.82) is 0 Å². The summed E-state index contributed by atoms with van der Waals surface area (Å²) in [5.74, 6) is 6.26. The number of nitrogens with zero attached hydrogens (tertiary/aromatic N) is 1. The lowest BCUT2D eigenvalue weighted by molar-refractivity contribution is 0.296. The third-order valence-corrected chi connectivity index (χ3v) is 1.84. The summed E-state index contributed by atoms with van der Waals surface area (Å²) >= 11 is 0. The van der Waals surface area contributed by atoms with E-state index in [1.807, 2.05) is 0 Å². The first-order valence-corrected chi connectivity index (χ1v) is 5.03. The second-order valence-electron chi connectivity index (χ2n) is 2.89. The van der Waals surface area contributed by atoms with Crippen LogP contribution in [0.1, 0.15) is 40.0 Å². The van der Waals surface area contributed by atoms with Crippen LogP contribution < -0.4 is 0 Å². The van der Waals surface area contributed by atoms with Crippen molar-refractivity contribution >= 4 is 0 Å². The van der Waals surface area contributed by atoms with Crippen molar-refractivity contribution in [3.8, 4) is 11.8 Å². The van der Waals surface area contributed by atoms with Crippen molar-refractivity contribution in [2.24, 2.45) is 0 Å². The summed E-state index contributed by atoms with van der Waals surface area (Å²) < 4.78 is 0. The predicted molar refractivity (Wildman–Crippen MR) is 55.1 cm³/mol. The maximum atomic E-state index is 3.17. The van der Waals surface area contributed by atoms with Gasteiger partial charge in [0.05, 0.1) is 0 Å². The van der Waals surface area contributed by atoms with Crippen LogP contribution in [0.15, 0.2) is 0 Å². The summed E-state index contributed by atoms with van der Waals surface area (Å²) in [7, 11) is 0. The van der Waals surface area contributed by atoms with Gasteiger partial charge >= 0.3 is 0 Å². The fourth-order valence-corrected chi connectivity index (χ4v) is 1.17. The van der Waals surface area contributed by atoms with E-state index in [-0.39, 0.29) is 0 Å². The van der Waals surface area contributed by atoms with Crippen LogP contribution in [-0.4, -0.2) is 24.5 Å². The second-order valence-corrected chi connectivity index (χ2v) is 2.89. The molecule has 0 aliphatic rings. The standard InChI is InChI=1S/C11H21N/c1-4-7-8-9-11-12(6-3)10-5-2/h4-6,9-11H2,1-3H3. The van der Waals surface area contributed by atoms with Gasteiger partial charge in [-0.25, -0.2) is 0 Å². The summed E-state index contributed by atoms with van der Waals surface area (Å²) in [6, 6.07) is 0. The zero-order valence-corrected chi connectivity index (χ0v) is 8.69. The molecule has 0 fully saturated rings. The van der Waals surface area contributed by atoms with E-state index >= 15 is 0 Å². The lowest BCUT2D eigenvalue weighted by Crippen LogP contribution is -2.24. The molecule has 0 aromatic carbocycles. The zero-order chi connectivity index (χ0) is 9.23. The van der Waals surface area contributed by atoms with E-state index in [4.69, 9.17) is 0 Å². The summed E-state index contributed by atoms with van der Waals surface area (Å²) in [4.78, 5) is 2.45. The molecular formula is C11H21N. The van der Waals surface area contributed by atoms with Gasteiger partial charge in [0.15, 0.2) is 0 Å². The monoisotopic (exact) mass is 167 g/mol. The van der Waals surface area contributed by atoms with E-state index < -0.39 is 0 Å². The first-order valence-electron chi connectivity index (χ1n) is 5.03. The van der Waals surface area contributed by atoms with Crippen molar-refractivity contribution in [2.45, 2.75) is 40.0 Å². The molecule has 0 unspecified atom stereocenters. The minimum Gasteiger partial charge on any atom is -0.303 e. The number of hydrogen-bond acceptors (Lipinski definition) is 1. The van der Waals surface area contributed by atoms with E-state index in [1.54, 1.807) is 0 Å². The molecule has 0 saturated heterocycles. The molecule has 0 aromatic heterocycles. The molecule has 0 aliphatic carbocycles. The maximum absolute atomic E-state index is 3.17. The molecule has 70 valence electrons. The highest BCUT2D eigenvalue weighted by Crippen LogP contribution is 1.92. The van der Waals surface area contributed by atoms with E-state index in [2.05, 4.69) is 37.5 Å². The van der Waals surface area contributed by atoms with Crippen molar-refractivity contribution in [1.82, 2.24) is 4.90 Å². The highest BCUT2D eigenvalue weighted by molar-refractivity contribution is 4.98. The number of rotatable bonds is 5. The first-order chi connectivity index (χ1) is 5.85. The third kappa shape index (κ3) is 6.24. The van der Waals surface area contributed by atoms with E-state index in [1.165, 1.54) is 13.0 Å². The molecule has 0 radical (unpaired) electrons. The van der Waals surface area contributed by atoms with Crippen LogP contribution in [0.3, 0.4) is 0 Å². The Bertz CT molecular complexity index is 141. The van der Waals surface area contributed by atoms with Crippen molar-refractivity contribution < 1.29 is 0 Å². The molecule has 0 heterocycles. The summed E-state index contributed by atoms with van der Waals surface area (Å²) in [5.41, 5.74) is 0. The Balaban J connectivity index is 3.43. The molecule has 12 heavy (non-hydrogen) atoms. The minimum atomic E-state index is 0.986. The Hall–Kier alpha value is -0.480. The summed E-state index contributed by atoms with van der Waals surface area (Å²) in [5, 5.41) is 0. The van der Waals surface area contributed by atoms with Gasteiger partial charge in [0.25, 0.3) is 0 Å². The molecule has 0 amide bonds. The fourth-order valence-electron chi connectivity index (χ4n) is 1.17. The summed E-state index contributed by atoms with van der Waals surface area (Å²) in [6.07, 6.45) is 3.26. The normalized spacial score (nSPS) is 9.67. The molecule has 0 N–H and O–H groups in total. The van der Waals surface area contributed by atoms with Crippen LogP contribution in [0.2, 0.25) is 0 Å².